The summed E-state index contributed by atoms with van der Waals surface area (Å²) < 4.78 is 0. The van der Waals surface area contributed by atoms with Crippen LogP contribution in [0.25, 0.3) is 0 Å². The van der Waals surface area contributed by atoms with Gasteiger partial charge in [-0.2, -0.15) is 0 Å². The van der Waals surface area contributed by atoms with Crippen molar-refractivity contribution >= 4 is 40.9 Å². The fourth-order valence-electron chi connectivity index (χ4n) is 4.62. The molecular formula is C29H40N6O5S. The number of carbonyl (C=O) groups excluding carboxylic acids is 5. The highest BCUT2D eigenvalue weighted by Gasteiger charge is 2.33. The van der Waals surface area contributed by atoms with Crippen molar-refractivity contribution in [2.75, 3.05) is 26.7 Å². The zero-order chi connectivity index (χ0) is 30.1. The van der Waals surface area contributed by atoms with Gasteiger partial charge in [0.25, 0.3) is 0 Å². The highest BCUT2D eigenvalue weighted by molar-refractivity contribution is 7.09. The van der Waals surface area contributed by atoms with E-state index in [1.807, 2.05) is 42.6 Å². The monoisotopic (exact) mass is 584 g/mol. The number of hydrogen-bond acceptors (Lipinski definition) is 7. The van der Waals surface area contributed by atoms with Gasteiger partial charge in [0.15, 0.2) is 0 Å². The van der Waals surface area contributed by atoms with Gasteiger partial charge in [0.05, 0.1) is 23.7 Å². The predicted molar refractivity (Wildman–Crippen MR) is 156 cm³/mol. The van der Waals surface area contributed by atoms with Crippen LogP contribution in [0.2, 0.25) is 0 Å². The van der Waals surface area contributed by atoms with Crippen molar-refractivity contribution in [3.05, 3.63) is 52.0 Å². The number of nitrogens with zero attached hydrogens (tertiary/aromatic N) is 3. The average molecular weight is 585 g/mol. The number of thiazole rings is 1. The van der Waals surface area contributed by atoms with Crippen LogP contribution < -0.4 is 16.0 Å². The van der Waals surface area contributed by atoms with Gasteiger partial charge in [-0.3, -0.25) is 24.0 Å². The molecule has 1 fully saturated rings. The Bertz CT molecular complexity index is 1230. The first kappa shape index (κ1) is 31.7. The predicted octanol–water partition coefficient (Wildman–Crippen LogP) is 1.06. The van der Waals surface area contributed by atoms with Crippen LogP contribution >= 0.6 is 11.3 Å². The molecule has 1 aliphatic heterocycles. The van der Waals surface area contributed by atoms with Gasteiger partial charge in [-0.25, -0.2) is 4.98 Å². The zero-order valence-corrected chi connectivity index (χ0v) is 25.1. The second-order valence-corrected chi connectivity index (χ2v) is 11.7. The molecule has 0 bridgehead atoms. The molecule has 0 spiro atoms. The van der Waals surface area contributed by atoms with E-state index in [2.05, 4.69) is 20.9 Å². The van der Waals surface area contributed by atoms with Crippen molar-refractivity contribution in [3.8, 4) is 0 Å². The molecule has 0 saturated carbocycles. The van der Waals surface area contributed by atoms with Gasteiger partial charge in [-0.05, 0) is 31.7 Å². The van der Waals surface area contributed by atoms with E-state index in [4.69, 9.17) is 0 Å². The minimum absolute atomic E-state index is 0.0365. The first-order valence-electron chi connectivity index (χ1n) is 13.8. The summed E-state index contributed by atoms with van der Waals surface area (Å²) in [5.41, 5.74) is 1.50. The van der Waals surface area contributed by atoms with E-state index < -0.39 is 35.8 Å². The van der Waals surface area contributed by atoms with Crippen LogP contribution in [-0.4, -0.2) is 89.1 Å². The molecule has 1 aromatic heterocycles. The van der Waals surface area contributed by atoms with Gasteiger partial charge in [0.1, 0.15) is 18.1 Å². The van der Waals surface area contributed by atoms with Crippen LogP contribution in [0.4, 0.5) is 0 Å². The maximum Gasteiger partial charge on any atom is 0.245 e. The summed E-state index contributed by atoms with van der Waals surface area (Å²) in [5.74, 6) is -2.32. The van der Waals surface area contributed by atoms with E-state index in [-0.39, 0.29) is 50.2 Å². The largest absolute Gasteiger partial charge is 0.354 e. The fraction of sp³-hybridized carbons (Fsp3) is 0.517. The van der Waals surface area contributed by atoms with Gasteiger partial charge >= 0.3 is 0 Å². The molecule has 41 heavy (non-hydrogen) atoms. The van der Waals surface area contributed by atoms with Crippen LogP contribution in [0, 0.1) is 12.8 Å². The molecular weight excluding hydrogens is 544 g/mol. The number of nitrogens with one attached hydrogen (secondary N) is 3. The van der Waals surface area contributed by atoms with Crippen LogP contribution in [-0.2, 0) is 36.8 Å². The number of carbonyl (C=O) groups is 5. The zero-order valence-electron chi connectivity index (χ0n) is 24.3. The van der Waals surface area contributed by atoms with E-state index in [9.17, 15) is 24.0 Å². The summed E-state index contributed by atoms with van der Waals surface area (Å²) in [7, 11) is 1.48. The lowest BCUT2D eigenvalue weighted by Crippen LogP contribution is -2.58. The number of rotatable bonds is 5. The molecule has 11 nitrogen and oxygen atoms in total. The second-order valence-electron chi connectivity index (χ2n) is 10.7. The Hall–Kier alpha value is -3.80. The molecule has 1 aliphatic rings. The molecule has 12 heteroatoms. The molecule has 222 valence electrons. The number of benzene rings is 1. The Morgan fingerprint density at radius 3 is 2.44 bits per heavy atom. The van der Waals surface area contributed by atoms with Crippen molar-refractivity contribution in [3.63, 3.8) is 0 Å². The summed E-state index contributed by atoms with van der Waals surface area (Å²) in [4.78, 5) is 73.2. The Kier molecular flexibility index (Phi) is 11.4. The Morgan fingerprint density at radius 1 is 1.10 bits per heavy atom. The number of amides is 5. The standard InChI is InChI=1S/C29H40N6O5S/c1-18(2)26-29(40)34(5)16-24(36)32-23(14-21-10-7-6-8-11-21)28(39)30-12-9-13-35(19(3)27(38)33-26)25(37)15-22-17-41-20(4)31-22/h6-8,10-11,17-19,23,26H,9,12-16H2,1-5H3,(H,30,39)(H,32,36)(H,33,38)/t19-,23+,26+/m1/s1. The molecule has 2 heterocycles. The van der Waals surface area contributed by atoms with Crippen molar-refractivity contribution in [2.24, 2.45) is 5.92 Å². The molecule has 0 aliphatic carbocycles. The maximum atomic E-state index is 13.4. The maximum absolute atomic E-state index is 13.4. The van der Waals surface area contributed by atoms with E-state index >= 15 is 0 Å². The number of aromatic nitrogens is 1. The van der Waals surface area contributed by atoms with E-state index in [1.165, 1.54) is 28.2 Å². The van der Waals surface area contributed by atoms with Crippen molar-refractivity contribution in [1.82, 2.24) is 30.7 Å². The van der Waals surface area contributed by atoms with Crippen molar-refractivity contribution < 1.29 is 24.0 Å². The highest BCUT2D eigenvalue weighted by Crippen LogP contribution is 2.13. The molecule has 0 radical (unpaired) electrons. The summed E-state index contributed by atoms with van der Waals surface area (Å²) in [6.45, 7) is 7.23. The lowest BCUT2D eigenvalue weighted by molar-refractivity contribution is -0.143. The fourth-order valence-corrected chi connectivity index (χ4v) is 5.24. The number of aryl methyl sites for hydroxylation is 1. The van der Waals surface area contributed by atoms with Crippen LogP contribution in [0.5, 0.6) is 0 Å². The number of hydrogen-bond donors (Lipinski definition) is 3. The third-order valence-corrected chi connectivity index (χ3v) is 7.79. The quantitative estimate of drug-likeness (QED) is 0.480. The molecule has 5 amide bonds. The molecule has 1 aromatic carbocycles. The Morgan fingerprint density at radius 2 is 1.80 bits per heavy atom. The molecule has 2 aromatic rings. The van der Waals surface area contributed by atoms with Crippen molar-refractivity contribution in [2.45, 2.75) is 65.1 Å². The summed E-state index contributed by atoms with van der Waals surface area (Å²) in [6.07, 6.45) is 0.691. The third-order valence-electron chi connectivity index (χ3n) is 6.96. The van der Waals surface area contributed by atoms with Crippen LogP contribution in [0.15, 0.2) is 35.7 Å². The van der Waals surface area contributed by atoms with E-state index in [0.29, 0.717) is 12.1 Å². The molecule has 1 saturated heterocycles. The first-order chi connectivity index (χ1) is 19.5. The van der Waals surface area contributed by atoms with Crippen molar-refractivity contribution in [1.29, 1.82) is 0 Å². The SMILES string of the molecule is Cc1nc(CC(=O)N2CCCNC(=O)[C@H](Cc3ccccc3)NC(=O)CN(C)C(=O)[C@H](C(C)C)NC(=O)[C@H]2C)cs1. The normalized spacial score (nSPS) is 21.9. The smallest absolute Gasteiger partial charge is 0.245 e. The molecule has 3 rings (SSSR count). The number of likely N-dealkylation sites (N-methyl/N-ethyl adjacent to an activating group) is 1. The first-order valence-corrected chi connectivity index (χ1v) is 14.7. The van der Waals surface area contributed by atoms with Gasteiger partial charge in [0, 0.05) is 31.9 Å². The summed E-state index contributed by atoms with van der Waals surface area (Å²) in [6, 6.07) is 6.70. The molecule has 3 atom stereocenters. The highest BCUT2D eigenvalue weighted by atomic mass is 32.1. The summed E-state index contributed by atoms with van der Waals surface area (Å²) >= 11 is 1.45. The van der Waals surface area contributed by atoms with Crippen LogP contribution in [0.1, 0.15) is 43.5 Å². The molecule has 3 N–H and O–H groups in total. The third kappa shape index (κ3) is 9.10. The van der Waals surface area contributed by atoms with Gasteiger partial charge in [-0.15, -0.1) is 11.3 Å². The van der Waals surface area contributed by atoms with Gasteiger partial charge < -0.3 is 25.8 Å². The lowest BCUT2D eigenvalue weighted by Gasteiger charge is -2.32. The molecule has 0 unspecified atom stereocenters. The second kappa shape index (κ2) is 14.7. The minimum atomic E-state index is -0.905. The van der Waals surface area contributed by atoms with Crippen LogP contribution in [0.3, 0.4) is 0 Å². The Balaban J connectivity index is 1.86. The summed E-state index contributed by atoms with van der Waals surface area (Å²) in [5, 5.41) is 11.1. The topological polar surface area (TPSA) is 141 Å². The van der Waals surface area contributed by atoms with E-state index in [0.717, 1.165) is 10.6 Å². The lowest BCUT2D eigenvalue weighted by atomic mass is 10.0. The minimum Gasteiger partial charge on any atom is -0.354 e. The van der Waals surface area contributed by atoms with E-state index in [1.54, 1.807) is 20.8 Å². The van der Waals surface area contributed by atoms with Gasteiger partial charge in [-0.1, -0.05) is 44.2 Å². The Labute approximate surface area is 245 Å². The van der Waals surface area contributed by atoms with Gasteiger partial charge in [0.2, 0.25) is 29.5 Å². The average Bonchev–Trinajstić information content (AvgIpc) is 3.34.